The summed E-state index contributed by atoms with van der Waals surface area (Å²) in [6, 6.07) is 4.97. The van der Waals surface area contributed by atoms with Crippen molar-refractivity contribution >= 4 is 10.0 Å². The quantitative estimate of drug-likeness (QED) is 0.929. The second-order valence-corrected chi connectivity index (χ2v) is 8.18. The summed E-state index contributed by atoms with van der Waals surface area (Å²) >= 11 is 0. The van der Waals surface area contributed by atoms with Crippen LogP contribution in [0.25, 0.3) is 0 Å². The van der Waals surface area contributed by atoms with Crippen LogP contribution in [0.1, 0.15) is 31.2 Å². The standard InChI is InChI=1S/C15H21FN2O2S/c1-10-3-6-14(16)15(7-10)21(19,20)18(2)13-8-11-4-5-12(9-13)17-11/h3,6-7,11-13,17H,4-5,8-9H2,1-2H3. The van der Waals surface area contributed by atoms with Gasteiger partial charge in [-0.05, 0) is 50.3 Å². The summed E-state index contributed by atoms with van der Waals surface area (Å²) in [7, 11) is -2.20. The number of aryl methyl sites for hydroxylation is 1. The van der Waals surface area contributed by atoms with Crippen molar-refractivity contribution in [1.82, 2.24) is 9.62 Å². The van der Waals surface area contributed by atoms with E-state index in [4.69, 9.17) is 0 Å². The summed E-state index contributed by atoms with van der Waals surface area (Å²) in [6.45, 7) is 1.77. The van der Waals surface area contributed by atoms with Crippen molar-refractivity contribution in [3.05, 3.63) is 29.6 Å². The summed E-state index contributed by atoms with van der Waals surface area (Å²) in [6.07, 6.45) is 3.82. The molecule has 6 heteroatoms. The molecule has 2 bridgehead atoms. The molecule has 2 atom stereocenters. The first-order valence-electron chi connectivity index (χ1n) is 7.38. The van der Waals surface area contributed by atoms with E-state index in [1.165, 1.54) is 16.4 Å². The van der Waals surface area contributed by atoms with Crippen LogP contribution in [0.4, 0.5) is 4.39 Å². The maximum atomic E-state index is 13.9. The minimum atomic E-state index is -3.78. The monoisotopic (exact) mass is 312 g/mol. The Balaban J connectivity index is 1.89. The lowest BCUT2D eigenvalue weighted by Crippen LogP contribution is -2.48. The van der Waals surface area contributed by atoms with Crippen molar-refractivity contribution in [1.29, 1.82) is 0 Å². The SMILES string of the molecule is Cc1ccc(F)c(S(=O)(=O)N(C)C2CC3CCC(C2)N3)c1. The number of hydrogen-bond acceptors (Lipinski definition) is 3. The van der Waals surface area contributed by atoms with E-state index >= 15 is 0 Å². The second kappa shape index (κ2) is 5.34. The van der Waals surface area contributed by atoms with Crippen LogP contribution < -0.4 is 5.32 Å². The molecule has 1 aromatic carbocycles. The molecule has 1 aromatic rings. The largest absolute Gasteiger partial charge is 0.311 e. The molecule has 2 saturated heterocycles. The van der Waals surface area contributed by atoms with Gasteiger partial charge in [-0.2, -0.15) is 4.31 Å². The van der Waals surface area contributed by atoms with Gasteiger partial charge in [0, 0.05) is 25.2 Å². The molecule has 1 N–H and O–H groups in total. The average Bonchev–Trinajstić information content (AvgIpc) is 2.79. The molecule has 0 saturated carbocycles. The van der Waals surface area contributed by atoms with Gasteiger partial charge in [0.1, 0.15) is 10.7 Å². The smallest absolute Gasteiger partial charge is 0.245 e. The number of fused-ring (bicyclic) bond motifs is 2. The van der Waals surface area contributed by atoms with Crippen LogP contribution in [0, 0.1) is 12.7 Å². The Kier molecular flexibility index (Phi) is 3.80. The summed E-state index contributed by atoms with van der Waals surface area (Å²) in [5.41, 5.74) is 0.744. The van der Waals surface area contributed by atoms with Gasteiger partial charge in [-0.25, -0.2) is 12.8 Å². The maximum absolute atomic E-state index is 13.9. The van der Waals surface area contributed by atoms with Gasteiger partial charge in [-0.15, -0.1) is 0 Å². The molecule has 3 rings (SSSR count). The molecule has 0 radical (unpaired) electrons. The first-order valence-corrected chi connectivity index (χ1v) is 8.82. The molecule has 2 aliphatic rings. The Morgan fingerprint density at radius 2 is 1.86 bits per heavy atom. The van der Waals surface area contributed by atoms with Gasteiger partial charge in [-0.1, -0.05) is 6.07 Å². The molecular weight excluding hydrogens is 291 g/mol. The number of nitrogens with zero attached hydrogens (tertiary/aromatic N) is 1. The first kappa shape index (κ1) is 14.9. The molecule has 0 aromatic heterocycles. The number of nitrogens with one attached hydrogen (secondary N) is 1. The Morgan fingerprint density at radius 1 is 1.24 bits per heavy atom. The van der Waals surface area contributed by atoms with Crippen LogP contribution in [0.5, 0.6) is 0 Å². The number of benzene rings is 1. The fourth-order valence-electron chi connectivity index (χ4n) is 3.48. The van der Waals surface area contributed by atoms with Crippen molar-refractivity contribution in [2.45, 2.75) is 55.6 Å². The maximum Gasteiger partial charge on any atom is 0.245 e. The van der Waals surface area contributed by atoms with Crippen LogP contribution in [-0.4, -0.2) is 37.9 Å². The predicted molar refractivity (Wildman–Crippen MR) is 79.1 cm³/mol. The van der Waals surface area contributed by atoms with Gasteiger partial charge in [-0.3, -0.25) is 0 Å². The van der Waals surface area contributed by atoms with Gasteiger partial charge in [0.2, 0.25) is 10.0 Å². The third-order valence-electron chi connectivity index (χ3n) is 4.71. The van der Waals surface area contributed by atoms with E-state index in [-0.39, 0.29) is 10.9 Å². The lowest BCUT2D eigenvalue weighted by atomic mass is 10.0. The van der Waals surface area contributed by atoms with Crippen LogP contribution >= 0.6 is 0 Å². The van der Waals surface area contributed by atoms with E-state index in [0.29, 0.717) is 12.1 Å². The third kappa shape index (κ3) is 2.72. The summed E-state index contributed by atoms with van der Waals surface area (Å²) in [5.74, 6) is -0.677. The number of sulfonamides is 1. The zero-order chi connectivity index (χ0) is 15.2. The number of halogens is 1. The van der Waals surface area contributed by atoms with Gasteiger partial charge in [0.25, 0.3) is 0 Å². The van der Waals surface area contributed by atoms with E-state index in [0.717, 1.165) is 31.2 Å². The minimum absolute atomic E-state index is 0.0475. The van der Waals surface area contributed by atoms with E-state index in [9.17, 15) is 12.8 Å². The van der Waals surface area contributed by atoms with Crippen LogP contribution in [0.15, 0.2) is 23.1 Å². The second-order valence-electron chi connectivity index (χ2n) is 6.22. The molecule has 2 unspecified atom stereocenters. The van der Waals surface area contributed by atoms with Crippen molar-refractivity contribution in [3.8, 4) is 0 Å². The highest BCUT2D eigenvalue weighted by Crippen LogP contribution is 2.32. The molecule has 116 valence electrons. The topological polar surface area (TPSA) is 49.4 Å². The highest BCUT2D eigenvalue weighted by molar-refractivity contribution is 7.89. The molecule has 0 aliphatic carbocycles. The Hall–Kier alpha value is -0.980. The van der Waals surface area contributed by atoms with Crippen molar-refractivity contribution in [3.63, 3.8) is 0 Å². The minimum Gasteiger partial charge on any atom is -0.311 e. The Bertz CT molecular complexity index is 635. The molecule has 0 amide bonds. The average molecular weight is 312 g/mol. The zero-order valence-electron chi connectivity index (χ0n) is 12.3. The fourth-order valence-corrected chi connectivity index (χ4v) is 5.01. The highest BCUT2D eigenvalue weighted by Gasteiger charge is 2.39. The molecule has 0 spiro atoms. The first-order chi connectivity index (χ1) is 9.88. The number of piperidine rings is 1. The fraction of sp³-hybridized carbons (Fsp3) is 0.600. The predicted octanol–water partition coefficient (Wildman–Crippen LogP) is 2.04. The molecule has 2 heterocycles. The van der Waals surface area contributed by atoms with E-state index in [1.807, 2.05) is 0 Å². The van der Waals surface area contributed by atoms with Gasteiger partial charge in [0.05, 0.1) is 0 Å². The van der Waals surface area contributed by atoms with Gasteiger partial charge >= 0.3 is 0 Å². The summed E-state index contributed by atoms with van der Waals surface area (Å²) < 4.78 is 40.7. The van der Waals surface area contributed by atoms with Gasteiger partial charge < -0.3 is 5.32 Å². The lowest BCUT2D eigenvalue weighted by molar-refractivity contribution is 0.251. The molecule has 2 aliphatic heterocycles. The lowest BCUT2D eigenvalue weighted by Gasteiger charge is -2.34. The van der Waals surface area contributed by atoms with Gasteiger partial charge in [0.15, 0.2) is 0 Å². The third-order valence-corrected chi connectivity index (χ3v) is 6.63. The summed E-state index contributed by atoms with van der Waals surface area (Å²) in [4.78, 5) is -0.212. The van der Waals surface area contributed by atoms with E-state index < -0.39 is 15.8 Å². The van der Waals surface area contributed by atoms with Crippen molar-refractivity contribution < 1.29 is 12.8 Å². The van der Waals surface area contributed by atoms with Crippen LogP contribution in [-0.2, 0) is 10.0 Å². The summed E-state index contributed by atoms with van der Waals surface area (Å²) in [5, 5.41) is 3.49. The van der Waals surface area contributed by atoms with Crippen LogP contribution in [0.2, 0.25) is 0 Å². The normalized spacial score (nSPS) is 29.0. The molecule has 21 heavy (non-hydrogen) atoms. The van der Waals surface area contributed by atoms with Crippen molar-refractivity contribution in [2.75, 3.05) is 7.05 Å². The van der Waals surface area contributed by atoms with E-state index in [2.05, 4.69) is 5.32 Å². The van der Waals surface area contributed by atoms with Crippen molar-refractivity contribution in [2.24, 2.45) is 0 Å². The Labute approximate surface area is 125 Å². The molecule has 4 nitrogen and oxygen atoms in total. The Morgan fingerprint density at radius 3 is 2.48 bits per heavy atom. The van der Waals surface area contributed by atoms with Crippen LogP contribution in [0.3, 0.4) is 0 Å². The zero-order valence-corrected chi connectivity index (χ0v) is 13.2. The highest BCUT2D eigenvalue weighted by atomic mass is 32.2. The molecule has 2 fully saturated rings. The molecular formula is C15H21FN2O2S. The number of hydrogen-bond donors (Lipinski definition) is 1. The number of rotatable bonds is 3. The van der Waals surface area contributed by atoms with E-state index in [1.54, 1.807) is 20.0 Å².